The number of benzene rings is 2. The molecule has 3 N–H and O–H groups in total. The number of carbonyl (C=O) groups excluding carboxylic acids is 2. The number of methoxy groups -OCH3 is 1. The van der Waals surface area contributed by atoms with Gasteiger partial charge >= 0.3 is 0 Å². The molecule has 2 rings (SSSR count). The van der Waals surface area contributed by atoms with Gasteiger partial charge in [-0.3, -0.25) is 20.4 Å². The van der Waals surface area contributed by atoms with Crippen molar-refractivity contribution in [3.8, 4) is 5.75 Å². The molecule has 26 heavy (non-hydrogen) atoms. The second-order valence-electron chi connectivity index (χ2n) is 5.91. The van der Waals surface area contributed by atoms with Gasteiger partial charge in [-0.2, -0.15) is 0 Å². The summed E-state index contributed by atoms with van der Waals surface area (Å²) in [5.41, 5.74) is 8.13. The fourth-order valence-corrected chi connectivity index (χ4v) is 2.42. The number of amides is 2. The Morgan fingerprint density at radius 2 is 1.77 bits per heavy atom. The van der Waals surface area contributed by atoms with Gasteiger partial charge in [0.25, 0.3) is 5.91 Å². The molecule has 0 radical (unpaired) electrons. The van der Waals surface area contributed by atoms with Gasteiger partial charge in [-0.1, -0.05) is 23.8 Å². The van der Waals surface area contributed by atoms with Crippen LogP contribution in [-0.4, -0.2) is 25.5 Å². The number of carbonyl (C=O) groups is 2. The van der Waals surface area contributed by atoms with Gasteiger partial charge in [0, 0.05) is 5.69 Å². The van der Waals surface area contributed by atoms with E-state index < -0.39 is 11.7 Å². The van der Waals surface area contributed by atoms with Gasteiger partial charge in [0.2, 0.25) is 5.91 Å². The first kappa shape index (κ1) is 19.2. The average molecular weight is 359 g/mol. The van der Waals surface area contributed by atoms with Crippen molar-refractivity contribution in [2.24, 2.45) is 0 Å². The van der Waals surface area contributed by atoms with Crippen LogP contribution in [0.2, 0.25) is 0 Å². The van der Waals surface area contributed by atoms with Crippen molar-refractivity contribution in [1.82, 2.24) is 10.9 Å². The normalized spacial score (nSPS) is 10.2. The van der Waals surface area contributed by atoms with Crippen LogP contribution < -0.4 is 20.9 Å². The van der Waals surface area contributed by atoms with Crippen LogP contribution in [0, 0.1) is 19.7 Å². The number of aryl methyl sites for hydroxylation is 2. The summed E-state index contributed by atoms with van der Waals surface area (Å²) in [6.45, 7) is 3.96. The van der Waals surface area contributed by atoms with Gasteiger partial charge in [-0.15, -0.1) is 0 Å². The highest BCUT2D eigenvalue weighted by atomic mass is 19.1. The molecule has 138 valence electrons. The molecule has 6 nitrogen and oxygen atoms in total. The maximum Gasteiger partial charge on any atom is 0.257 e. The Hall–Kier alpha value is -3.09. The van der Waals surface area contributed by atoms with Crippen molar-refractivity contribution in [1.29, 1.82) is 0 Å². The summed E-state index contributed by atoms with van der Waals surface area (Å²) in [6, 6.07) is 10.1. The van der Waals surface area contributed by atoms with E-state index >= 15 is 0 Å². The Bertz CT molecular complexity index is 809. The third-order valence-corrected chi connectivity index (χ3v) is 3.74. The van der Waals surface area contributed by atoms with E-state index in [2.05, 4.69) is 16.2 Å². The lowest BCUT2D eigenvalue weighted by Gasteiger charge is -2.11. The summed E-state index contributed by atoms with van der Waals surface area (Å²) in [7, 11) is 1.37. The number of nitrogens with one attached hydrogen (secondary N) is 3. The summed E-state index contributed by atoms with van der Waals surface area (Å²) < 4.78 is 18.4. The van der Waals surface area contributed by atoms with Crippen molar-refractivity contribution < 1.29 is 18.7 Å². The minimum Gasteiger partial charge on any atom is -0.494 e. The Kier molecular flexibility index (Phi) is 6.54. The lowest BCUT2D eigenvalue weighted by atomic mass is 10.1. The first-order valence-electron chi connectivity index (χ1n) is 8.10. The third-order valence-electron chi connectivity index (χ3n) is 3.74. The SMILES string of the molecule is COc1ccc(CC(=O)NNC(=O)CNc2ccc(C)cc2C)cc1F. The first-order chi connectivity index (χ1) is 12.4. The molecule has 0 aliphatic carbocycles. The van der Waals surface area contributed by atoms with Gasteiger partial charge < -0.3 is 10.1 Å². The molecule has 0 atom stereocenters. The van der Waals surface area contributed by atoms with Crippen LogP contribution in [0.15, 0.2) is 36.4 Å². The molecule has 0 saturated heterocycles. The Balaban J connectivity index is 1.77. The molecule has 0 spiro atoms. The van der Waals surface area contributed by atoms with E-state index in [0.717, 1.165) is 16.8 Å². The van der Waals surface area contributed by atoms with E-state index in [9.17, 15) is 14.0 Å². The molecule has 0 aromatic heterocycles. The number of hydrogen-bond donors (Lipinski definition) is 3. The standard InChI is InChI=1S/C19H22FN3O3/c1-12-4-6-16(13(2)8-12)21-11-19(25)23-22-18(24)10-14-5-7-17(26-3)15(20)9-14/h4-9,21H,10-11H2,1-3H3,(H,22,24)(H,23,25). The zero-order valence-electron chi connectivity index (χ0n) is 15.0. The zero-order valence-corrected chi connectivity index (χ0v) is 15.0. The second kappa shape index (κ2) is 8.84. The maximum atomic E-state index is 13.6. The molecule has 0 saturated carbocycles. The number of rotatable bonds is 6. The molecule has 0 aliphatic rings. The van der Waals surface area contributed by atoms with Crippen LogP contribution in [0.4, 0.5) is 10.1 Å². The molecule has 2 aromatic rings. The number of anilines is 1. The van der Waals surface area contributed by atoms with Crippen LogP contribution in [-0.2, 0) is 16.0 Å². The van der Waals surface area contributed by atoms with E-state index in [-0.39, 0.29) is 24.6 Å². The fraction of sp³-hybridized carbons (Fsp3) is 0.263. The van der Waals surface area contributed by atoms with Crippen LogP contribution in [0.3, 0.4) is 0 Å². The molecule has 2 aromatic carbocycles. The molecular weight excluding hydrogens is 337 g/mol. The Labute approximate surface area is 151 Å². The quantitative estimate of drug-likeness (QED) is 0.691. The van der Waals surface area contributed by atoms with Crippen LogP contribution in [0.25, 0.3) is 0 Å². The molecular formula is C19H22FN3O3. The highest BCUT2D eigenvalue weighted by Gasteiger charge is 2.09. The zero-order chi connectivity index (χ0) is 19.1. The molecule has 0 aliphatic heterocycles. The van der Waals surface area contributed by atoms with Crippen molar-refractivity contribution >= 4 is 17.5 Å². The third kappa shape index (κ3) is 5.47. The van der Waals surface area contributed by atoms with Crippen molar-refractivity contribution in [2.75, 3.05) is 19.0 Å². The van der Waals surface area contributed by atoms with Crippen LogP contribution >= 0.6 is 0 Å². The van der Waals surface area contributed by atoms with Gasteiger partial charge in [0.15, 0.2) is 11.6 Å². The number of hydrazine groups is 1. The first-order valence-corrected chi connectivity index (χ1v) is 8.10. The van der Waals surface area contributed by atoms with Gasteiger partial charge in [-0.25, -0.2) is 4.39 Å². The average Bonchev–Trinajstić information content (AvgIpc) is 2.59. The lowest BCUT2D eigenvalue weighted by Crippen LogP contribution is -2.44. The van der Waals surface area contributed by atoms with Crippen molar-refractivity contribution in [3.05, 3.63) is 58.9 Å². The minimum absolute atomic E-state index is 0.0152. The van der Waals surface area contributed by atoms with Gasteiger partial charge in [-0.05, 0) is 43.2 Å². The predicted octanol–water partition coefficient (Wildman–Crippen LogP) is 2.25. The van der Waals surface area contributed by atoms with E-state index in [1.807, 2.05) is 32.0 Å². The summed E-state index contributed by atoms with van der Waals surface area (Å²) in [4.78, 5) is 23.7. The summed E-state index contributed by atoms with van der Waals surface area (Å²) in [5, 5.41) is 3.01. The molecule has 0 unspecified atom stereocenters. The summed E-state index contributed by atoms with van der Waals surface area (Å²) in [5.74, 6) is -1.27. The topological polar surface area (TPSA) is 79.5 Å². The number of ether oxygens (including phenoxy) is 1. The highest BCUT2D eigenvalue weighted by Crippen LogP contribution is 2.18. The number of halogens is 1. The lowest BCUT2D eigenvalue weighted by molar-refractivity contribution is -0.127. The molecule has 0 heterocycles. The highest BCUT2D eigenvalue weighted by molar-refractivity contribution is 5.85. The smallest absolute Gasteiger partial charge is 0.257 e. The van der Waals surface area contributed by atoms with Crippen LogP contribution in [0.1, 0.15) is 16.7 Å². The fourth-order valence-electron chi connectivity index (χ4n) is 2.42. The Morgan fingerprint density at radius 1 is 1.04 bits per heavy atom. The molecule has 0 fully saturated rings. The summed E-state index contributed by atoms with van der Waals surface area (Å²) in [6.07, 6.45) is -0.0638. The minimum atomic E-state index is -0.542. The van der Waals surface area contributed by atoms with E-state index in [0.29, 0.717) is 5.56 Å². The summed E-state index contributed by atoms with van der Waals surface area (Å²) >= 11 is 0. The molecule has 2 amide bonds. The van der Waals surface area contributed by atoms with Gasteiger partial charge in [0.05, 0.1) is 20.1 Å². The largest absolute Gasteiger partial charge is 0.494 e. The van der Waals surface area contributed by atoms with E-state index in [1.165, 1.54) is 19.2 Å². The monoisotopic (exact) mass is 359 g/mol. The van der Waals surface area contributed by atoms with Crippen molar-refractivity contribution in [2.45, 2.75) is 20.3 Å². The molecule has 7 heteroatoms. The van der Waals surface area contributed by atoms with E-state index in [4.69, 9.17) is 4.74 Å². The number of hydrogen-bond acceptors (Lipinski definition) is 4. The van der Waals surface area contributed by atoms with Crippen LogP contribution in [0.5, 0.6) is 5.75 Å². The predicted molar refractivity (Wildman–Crippen MR) is 97.3 cm³/mol. The Morgan fingerprint density at radius 3 is 2.42 bits per heavy atom. The second-order valence-corrected chi connectivity index (χ2v) is 5.91. The van der Waals surface area contributed by atoms with E-state index in [1.54, 1.807) is 6.07 Å². The maximum absolute atomic E-state index is 13.6. The van der Waals surface area contributed by atoms with Gasteiger partial charge in [0.1, 0.15) is 0 Å². The van der Waals surface area contributed by atoms with Crippen molar-refractivity contribution in [3.63, 3.8) is 0 Å². The molecule has 0 bridgehead atoms.